The summed E-state index contributed by atoms with van der Waals surface area (Å²) in [6.07, 6.45) is 3.53. The average Bonchev–Trinajstić information content (AvgIpc) is 2.64. The lowest BCUT2D eigenvalue weighted by molar-refractivity contribution is 0.102. The molecule has 0 spiro atoms. The molecule has 132 valence electrons. The Morgan fingerprint density at radius 1 is 1.04 bits per heavy atom. The normalized spacial score (nSPS) is 10.6. The summed E-state index contributed by atoms with van der Waals surface area (Å²) in [4.78, 5) is 21.9. The van der Waals surface area contributed by atoms with Gasteiger partial charge in [-0.25, -0.2) is 9.97 Å². The Morgan fingerprint density at radius 3 is 2.31 bits per heavy atom. The molecule has 5 heteroatoms. The van der Waals surface area contributed by atoms with E-state index < -0.39 is 0 Å². The molecule has 1 N–H and O–H groups in total. The number of nitrogens with one attached hydrogen (secondary N) is 1. The van der Waals surface area contributed by atoms with Crippen molar-refractivity contribution in [2.75, 3.05) is 11.6 Å². The van der Waals surface area contributed by atoms with Crippen molar-refractivity contribution in [1.29, 1.82) is 0 Å². The topological polar surface area (TPSA) is 54.9 Å². The second kappa shape index (κ2) is 7.70. The van der Waals surface area contributed by atoms with Gasteiger partial charge in [-0.2, -0.15) is 0 Å². The quantitative estimate of drug-likeness (QED) is 0.521. The Bertz CT molecular complexity index is 932. The van der Waals surface area contributed by atoms with Crippen LogP contribution in [0.25, 0.3) is 11.3 Å². The van der Waals surface area contributed by atoms with E-state index in [1.807, 2.05) is 57.4 Å². The van der Waals surface area contributed by atoms with E-state index in [0.29, 0.717) is 16.4 Å². The maximum Gasteiger partial charge on any atom is 0.259 e. The zero-order valence-electron chi connectivity index (χ0n) is 15.3. The van der Waals surface area contributed by atoms with E-state index in [0.717, 1.165) is 22.4 Å². The number of aryl methyl sites for hydroxylation is 3. The van der Waals surface area contributed by atoms with Gasteiger partial charge >= 0.3 is 0 Å². The van der Waals surface area contributed by atoms with Gasteiger partial charge in [0.1, 0.15) is 0 Å². The van der Waals surface area contributed by atoms with Gasteiger partial charge in [0.25, 0.3) is 5.91 Å². The van der Waals surface area contributed by atoms with Crippen molar-refractivity contribution >= 4 is 23.4 Å². The summed E-state index contributed by atoms with van der Waals surface area (Å²) in [6.45, 7) is 6.05. The minimum atomic E-state index is -0.202. The van der Waals surface area contributed by atoms with Gasteiger partial charge in [0.2, 0.25) is 0 Å². The summed E-state index contributed by atoms with van der Waals surface area (Å²) in [5.41, 5.74) is 6.10. The van der Waals surface area contributed by atoms with E-state index in [4.69, 9.17) is 0 Å². The van der Waals surface area contributed by atoms with Crippen molar-refractivity contribution in [1.82, 2.24) is 9.97 Å². The predicted octanol–water partition coefficient (Wildman–Crippen LogP) is 5.04. The lowest BCUT2D eigenvalue weighted by Crippen LogP contribution is -2.16. The minimum absolute atomic E-state index is 0.202. The molecule has 3 rings (SSSR count). The number of nitrogens with zero attached hydrogens (tertiary/aromatic N) is 2. The molecule has 0 saturated heterocycles. The highest BCUT2D eigenvalue weighted by Crippen LogP contribution is 2.26. The van der Waals surface area contributed by atoms with Crippen LogP contribution in [0.2, 0.25) is 0 Å². The highest BCUT2D eigenvalue weighted by Gasteiger charge is 2.18. The lowest BCUT2D eigenvalue weighted by atomic mass is 10.0. The molecule has 26 heavy (non-hydrogen) atoms. The van der Waals surface area contributed by atoms with E-state index in [1.165, 1.54) is 17.3 Å². The van der Waals surface area contributed by atoms with Crippen molar-refractivity contribution in [3.8, 4) is 11.3 Å². The molecule has 3 aromatic rings. The molecule has 0 unspecified atom stereocenters. The molecule has 0 bridgehead atoms. The van der Waals surface area contributed by atoms with Crippen LogP contribution in [0.1, 0.15) is 27.0 Å². The molecule has 0 atom stereocenters. The van der Waals surface area contributed by atoms with Crippen molar-refractivity contribution in [2.24, 2.45) is 0 Å². The van der Waals surface area contributed by atoms with E-state index in [9.17, 15) is 4.79 Å². The molecule has 0 aliphatic heterocycles. The Hall–Kier alpha value is -2.66. The van der Waals surface area contributed by atoms with Gasteiger partial charge in [-0.05, 0) is 38.2 Å². The largest absolute Gasteiger partial charge is 0.321 e. The van der Waals surface area contributed by atoms with Crippen molar-refractivity contribution in [2.45, 2.75) is 25.9 Å². The van der Waals surface area contributed by atoms with E-state index in [-0.39, 0.29) is 5.91 Å². The number of benzene rings is 2. The highest BCUT2D eigenvalue weighted by molar-refractivity contribution is 7.98. The van der Waals surface area contributed by atoms with Crippen LogP contribution in [0.3, 0.4) is 0 Å². The molecule has 1 amide bonds. The van der Waals surface area contributed by atoms with Crippen LogP contribution in [0, 0.1) is 20.8 Å². The molecule has 1 heterocycles. The minimum Gasteiger partial charge on any atom is -0.321 e. The first-order chi connectivity index (χ1) is 12.5. The monoisotopic (exact) mass is 363 g/mol. The fraction of sp³-hybridized carbons (Fsp3) is 0.190. The van der Waals surface area contributed by atoms with Crippen LogP contribution in [-0.2, 0) is 0 Å². The van der Waals surface area contributed by atoms with Crippen molar-refractivity contribution < 1.29 is 4.79 Å². The smallest absolute Gasteiger partial charge is 0.259 e. The van der Waals surface area contributed by atoms with Crippen LogP contribution < -0.4 is 5.32 Å². The van der Waals surface area contributed by atoms with Crippen LogP contribution >= 0.6 is 11.8 Å². The van der Waals surface area contributed by atoms with Gasteiger partial charge in [0.15, 0.2) is 5.16 Å². The Balaban J connectivity index is 2.03. The van der Waals surface area contributed by atoms with E-state index in [1.54, 1.807) is 6.20 Å². The zero-order valence-corrected chi connectivity index (χ0v) is 16.1. The van der Waals surface area contributed by atoms with Gasteiger partial charge in [-0.1, -0.05) is 59.8 Å². The Labute approximate surface area is 158 Å². The molecule has 2 aromatic carbocycles. The number of aromatic nitrogens is 2. The second-order valence-electron chi connectivity index (χ2n) is 6.21. The lowest BCUT2D eigenvalue weighted by Gasteiger charge is -2.14. The summed E-state index contributed by atoms with van der Waals surface area (Å²) < 4.78 is 0. The fourth-order valence-electron chi connectivity index (χ4n) is 3.00. The van der Waals surface area contributed by atoms with Crippen LogP contribution in [-0.4, -0.2) is 22.1 Å². The maximum atomic E-state index is 13.0. The molecule has 1 aromatic heterocycles. The van der Waals surface area contributed by atoms with E-state index in [2.05, 4.69) is 27.4 Å². The molecule has 4 nitrogen and oxygen atoms in total. The van der Waals surface area contributed by atoms with Gasteiger partial charge in [-0.15, -0.1) is 0 Å². The molecule has 0 saturated carbocycles. The molecule has 0 radical (unpaired) electrons. The summed E-state index contributed by atoms with van der Waals surface area (Å²) in [5, 5.41) is 3.69. The number of carbonyl (C=O) groups is 1. The molecule has 0 aliphatic rings. The first-order valence-electron chi connectivity index (χ1n) is 8.35. The number of hydrogen-bond acceptors (Lipinski definition) is 4. The molecule has 0 aliphatic carbocycles. The molecular weight excluding hydrogens is 342 g/mol. The van der Waals surface area contributed by atoms with Gasteiger partial charge in [0, 0.05) is 17.4 Å². The van der Waals surface area contributed by atoms with Crippen LogP contribution in [0.4, 0.5) is 5.69 Å². The Kier molecular flexibility index (Phi) is 5.38. The van der Waals surface area contributed by atoms with Gasteiger partial charge in [0.05, 0.1) is 11.3 Å². The first kappa shape index (κ1) is 18.1. The number of thioether (sulfide) groups is 1. The van der Waals surface area contributed by atoms with Gasteiger partial charge < -0.3 is 5.32 Å². The number of rotatable bonds is 4. The predicted molar refractivity (Wildman–Crippen MR) is 108 cm³/mol. The van der Waals surface area contributed by atoms with Crippen LogP contribution in [0.15, 0.2) is 53.8 Å². The number of hydrogen-bond donors (Lipinski definition) is 1. The third kappa shape index (κ3) is 3.78. The van der Waals surface area contributed by atoms with Gasteiger partial charge in [-0.3, -0.25) is 4.79 Å². The van der Waals surface area contributed by atoms with E-state index >= 15 is 0 Å². The summed E-state index contributed by atoms with van der Waals surface area (Å²) in [6, 6.07) is 13.8. The molecular formula is C21H21N3OS. The SMILES string of the molecule is CSc1ncc(C(=O)Nc2c(C)cc(C)cc2C)c(-c2ccccc2)n1. The second-order valence-corrected chi connectivity index (χ2v) is 6.99. The van der Waals surface area contributed by atoms with Crippen molar-refractivity contribution in [3.63, 3.8) is 0 Å². The Morgan fingerprint density at radius 2 is 1.69 bits per heavy atom. The third-order valence-electron chi connectivity index (χ3n) is 4.16. The standard InChI is InChI=1S/C21H21N3OS/c1-13-10-14(2)18(15(3)11-13)23-20(25)17-12-22-21(26-4)24-19(17)16-8-6-5-7-9-16/h5-12H,1-4H3,(H,23,25). The molecule has 0 fully saturated rings. The number of anilines is 1. The van der Waals surface area contributed by atoms with Crippen molar-refractivity contribution in [3.05, 3.63) is 70.9 Å². The maximum absolute atomic E-state index is 13.0. The highest BCUT2D eigenvalue weighted by atomic mass is 32.2. The first-order valence-corrected chi connectivity index (χ1v) is 9.57. The summed E-state index contributed by atoms with van der Waals surface area (Å²) in [5.74, 6) is -0.202. The summed E-state index contributed by atoms with van der Waals surface area (Å²) in [7, 11) is 0. The number of carbonyl (C=O) groups excluding carboxylic acids is 1. The number of amides is 1. The third-order valence-corrected chi connectivity index (χ3v) is 4.72. The summed E-state index contributed by atoms with van der Waals surface area (Å²) >= 11 is 1.45. The average molecular weight is 363 g/mol. The zero-order chi connectivity index (χ0) is 18.7. The van der Waals surface area contributed by atoms with Crippen LogP contribution in [0.5, 0.6) is 0 Å². The fourth-order valence-corrected chi connectivity index (χ4v) is 3.34.